The summed E-state index contributed by atoms with van der Waals surface area (Å²) in [5.41, 5.74) is 0. The second-order valence-corrected chi connectivity index (χ2v) is 1.95. The Hall–Kier alpha value is -1.44. The van der Waals surface area contributed by atoms with E-state index in [1.807, 2.05) is 0 Å². The molecule has 0 aliphatic carbocycles. The molecule has 0 fully saturated rings. The van der Waals surface area contributed by atoms with Crippen LogP contribution in [-0.4, -0.2) is 43.2 Å². The molecule has 0 rings (SSSR count). The van der Waals surface area contributed by atoms with Crippen LogP contribution < -0.4 is 0 Å². The highest BCUT2D eigenvalue weighted by Gasteiger charge is 2.18. The number of ether oxygens (including phenoxy) is 1. The number of rotatable bonds is 4. The van der Waals surface area contributed by atoms with Crippen molar-refractivity contribution in [1.29, 1.82) is 0 Å². The summed E-state index contributed by atoms with van der Waals surface area (Å²) in [6.07, 6.45) is -3.70. The van der Waals surface area contributed by atoms with Crippen LogP contribution in [0.3, 0.4) is 0 Å². The Morgan fingerprint density at radius 2 is 1.23 bits per heavy atom. The summed E-state index contributed by atoms with van der Waals surface area (Å²) in [5.74, 6) is -1.91. The van der Waals surface area contributed by atoms with Crippen LogP contribution in [-0.2, 0) is 4.74 Å². The summed E-state index contributed by atoms with van der Waals surface area (Å²) in [4.78, 5) is 0. The van der Waals surface area contributed by atoms with Crippen molar-refractivity contribution in [3.63, 3.8) is 0 Å². The standard InChI is InChI=1S/C6H10O7/c7-1-3(9)5(11)13-6(12)4(10)2-8/h1-2,5-12H. The highest BCUT2D eigenvalue weighted by atomic mass is 16.7. The van der Waals surface area contributed by atoms with Gasteiger partial charge in [-0.15, -0.1) is 0 Å². The van der Waals surface area contributed by atoms with Crippen molar-refractivity contribution in [2.45, 2.75) is 12.6 Å². The quantitative estimate of drug-likeness (QED) is 0.264. The highest BCUT2D eigenvalue weighted by molar-refractivity contribution is 4.91. The molecule has 0 saturated heterocycles. The van der Waals surface area contributed by atoms with E-state index in [1.165, 1.54) is 0 Å². The Balaban J connectivity index is 4.14. The number of aliphatic hydroxyl groups is 6. The largest absolute Gasteiger partial charge is 0.512 e. The van der Waals surface area contributed by atoms with Crippen LogP contribution in [0.5, 0.6) is 0 Å². The van der Waals surface area contributed by atoms with E-state index in [9.17, 15) is 0 Å². The van der Waals surface area contributed by atoms with Gasteiger partial charge in [-0.25, -0.2) is 0 Å². The maximum absolute atomic E-state index is 8.75. The maximum Gasteiger partial charge on any atom is 0.220 e. The molecular formula is C6H10O7. The van der Waals surface area contributed by atoms with E-state index in [2.05, 4.69) is 4.74 Å². The predicted octanol–water partition coefficient (Wildman–Crippen LogP) is -0.445. The van der Waals surface area contributed by atoms with Crippen LogP contribution in [0.15, 0.2) is 24.0 Å². The summed E-state index contributed by atoms with van der Waals surface area (Å²) >= 11 is 0. The van der Waals surface area contributed by atoms with Crippen molar-refractivity contribution in [2.75, 3.05) is 0 Å². The van der Waals surface area contributed by atoms with Gasteiger partial charge in [0.15, 0.2) is 11.5 Å². The fraction of sp³-hybridized carbons (Fsp3) is 0.333. The molecule has 0 aromatic heterocycles. The molecule has 7 nitrogen and oxygen atoms in total. The van der Waals surface area contributed by atoms with Crippen LogP contribution in [0.1, 0.15) is 0 Å². The fourth-order valence-electron chi connectivity index (χ4n) is 0.389. The molecule has 0 bridgehead atoms. The van der Waals surface area contributed by atoms with E-state index in [4.69, 9.17) is 30.6 Å². The SMILES string of the molecule is OC=C(O)C(O)OC(O)C(O)=CO. The smallest absolute Gasteiger partial charge is 0.220 e. The molecule has 0 spiro atoms. The molecule has 6 N–H and O–H groups in total. The summed E-state index contributed by atoms with van der Waals surface area (Å²) in [6, 6.07) is 0. The molecule has 0 amide bonds. The Kier molecular flexibility index (Phi) is 4.67. The summed E-state index contributed by atoms with van der Waals surface area (Å²) < 4.78 is 4.11. The Morgan fingerprint density at radius 3 is 1.46 bits per heavy atom. The third-order valence-corrected chi connectivity index (χ3v) is 1.03. The van der Waals surface area contributed by atoms with Crippen LogP contribution in [0, 0.1) is 0 Å². The van der Waals surface area contributed by atoms with Gasteiger partial charge >= 0.3 is 0 Å². The molecule has 2 atom stereocenters. The molecule has 76 valence electrons. The van der Waals surface area contributed by atoms with Gasteiger partial charge in [0.25, 0.3) is 0 Å². The number of hydrogen-bond acceptors (Lipinski definition) is 7. The van der Waals surface area contributed by atoms with Crippen molar-refractivity contribution < 1.29 is 35.4 Å². The Bertz CT molecular complexity index is 187. The minimum atomic E-state index is -2.00. The van der Waals surface area contributed by atoms with Crippen LogP contribution in [0.4, 0.5) is 0 Å². The maximum atomic E-state index is 8.75. The lowest BCUT2D eigenvalue weighted by Crippen LogP contribution is -2.25. The monoisotopic (exact) mass is 194 g/mol. The lowest BCUT2D eigenvalue weighted by atomic mass is 10.5. The van der Waals surface area contributed by atoms with Gasteiger partial charge in [-0.1, -0.05) is 0 Å². The van der Waals surface area contributed by atoms with Gasteiger partial charge in [0.05, 0.1) is 0 Å². The summed E-state index contributed by atoms with van der Waals surface area (Å²) in [6.45, 7) is 0. The molecule has 0 aliphatic heterocycles. The van der Waals surface area contributed by atoms with E-state index in [1.54, 1.807) is 0 Å². The van der Waals surface area contributed by atoms with Crippen molar-refractivity contribution in [3.05, 3.63) is 24.0 Å². The Labute approximate surface area is 73.1 Å². The molecule has 0 aliphatic rings. The molecule has 7 heteroatoms. The average Bonchev–Trinajstić information content (AvgIpc) is 2.14. The molecule has 0 aromatic carbocycles. The van der Waals surface area contributed by atoms with Gasteiger partial charge < -0.3 is 35.4 Å². The van der Waals surface area contributed by atoms with Crippen LogP contribution in [0.2, 0.25) is 0 Å². The van der Waals surface area contributed by atoms with Gasteiger partial charge in [0, 0.05) is 0 Å². The third-order valence-electron chi connectivity index (χ3n) is 1.03. The first-order valence-electron chi connectivity index (χ1n) is 3.11. The normalized spacial score (nSPS) is 18.3. The molecule has 0 heterocycles. The van der Waals surface area contributed by atoms with Crippen molar-refractivity contribution in [2.24, 2.45) is 0 Å². The molecular weight excluding hydrogens is 184 g/mol. The van der Waals surface area contributed by atoms with Gasteiger partial charge in [-0.3, -0.25) is 0 Å². The lowest BCUT2D eigenvalue weighted by molar-refractivity contribution is -0.197. The zero-order chi connectivity index (χ0) is 10.4. The number of hydrogen-bond donors (Lipinski definition) is 6. The van der Waals surface area contributed by atoms with E-state index >= 15 is 0 Å². The fourth-order valence-corrected chi connectivity index (χ4v) is 0.389. The minimum absolute atomic E-state index is 0.150. The average molecular weight is 194 g/mol. The predicted molar refractivity (Wildman–Crippen MR) is 39.8 cm³/mol. The first-order valence-corrected chi connectivity index (χ1v) is 3.11. The van der Waals surface area contributed by atoms with Gasteiger partial charge in [-0.05, 0) is 0 Å². The van der Waals surface area contributed by atoms with Crippen molar-refractivity contribution >= 4 is 0 Å². The van der Waals surface area contributed by atoms with E-state index in [-0.39, 0.29) is 12.5 Å². The van der Waals surface area contributed by atoms with E-state index < -0.39 is 24.1 Å². The molecule has 0 saturated carbocycles. The zero-order valence-electron chi connectivity index (χ0n) is 6.40. The van der Waals surface area contributed by atoms with Crippen LogP contribution >= 0.6 is 0 Å². The summed E-state index contributed by atoms with van der Waals surface area (Å²) in [7, 11) is 0. The molecule has 2 unspecified atom stereocenters. The second kappa shape index (κ2) is 5.25. The second-order valence-electron chi connectivity index (χ2n) is 1.95. The lowest BCUT2D eigenvalue weighted by Gasteiger charge is -2.14. The Morgan fingerprint density at radius 1 is 0.923 bits per heavy atom. The van der Waals surface area contributed by atoms with Crippen molar-refractivity contribution in [3.8, 4) is 0 Å². The molecule has 13 heavy (non-hydrogen) atoms. The minimum Gasteiger partial charge on any atom is -0.512 e. The van der Waals surface area contributed by atoms with Gasteiger partial charge in [0.2, 0.25) is 12.6 Å². The highest BCUT2D eigenvalue weighted by Crippen LogP contribution is 2.06. The van der Waals surface area contributed by atoms with Gasteiger partial charge in [-0.2, -0.15) is 0 Å². The third kappa shape index (κ3) is 3.65. The zero-order valence-corrected chi connectivity index (χ0v) is 6.40. The van der Waals surface area contributed by atoms with Gasteiger partial charge in [0.1, 0.15) is 12.5 Å². The van der Waals surface area contributed by atoms with Crippen LogP contribution in [0.25, 0.3) is 0 Å². The first-order chi connectivity index (χ1) is 6.02. The van der Waals surface area contributed by atoms with E-state index in [0.29, 0.717) is 0 Å². The topological polar surface area (TPSA) is 131 Å². The first kappa shape index (κ1) is 11.6. The molecule has 0 aromatic rings. The molecule has 0 radical (unpaired) electrons. The summed E-state index contributed by atoms with van der Waals surface area (Å²) in [5, 5.41) is 51.0. The van der Waals surface area contributed by atoms with E-state index in [0.717, 1.165) is 0 Å². The van der Waals surface area contributed by atoms with Crippen molar-refractivity contribution in [1.82, 2.24) is 0 Å². The number of aliphatic hydroxyl groups excluding tert-OH is 6.